The molecule has 0 aromatic heterocycles. The molecule has 3 rings (SSSR count). The number of nitrogens with zero attached hydrogens (tertiary/aromatic N) is 2. The van der Waals surface area contributed by atoms with Crippen molar-refractivity contribution in [3.05, 3.63) is 12.2 Å². The molecule has 0 radical (unpaired) electrons. The Kier molecular flexibility index (Phi) is 5.23. The molecule has 1 aliphatic carbocycles. The minimum atomic E-state index is -3.13. The molecule has 2 fully saturated rings. The second-order valence-corrected chi connectivity index (χ2v) is 10.1. The first-order valence-electron chi connectivity index (χ1n) is 9.19. The van der Waals surface area contributed by atoms with E-state index in [9.17, 15) is 22.8 Å². The number of carbonyl (C=O) groups is 3. The van der Waals surface area contributed by atoms with E-state index in [1.165, 1.54) is 0 Å². The van der Waals surface area contributed by atoms with Gasteiger partial charge in [-0.1, -0.05) is 26.0 Å². The minimum absolute atomic E-state index is 0.0392. The fourth-order valence-electron chi connectivity index (χ4n) is 4.12. The summed E-state index contributed by atoms with van der Waals surface area (Å²) < 4.78 is 23.6. The first-order chi connectivity index (χ1) is 12.2. The van der Waals surface area contributed by atoms with Gasteiger partial charge in [0.1, 0.15) is 6.54 Å². The van der Waals surface area contributed by atoms with Crippen LogP contribution in [0.1, 0.15) is 33.1 Å². The van der Waals surface area contributed by atoms with E-state index >= 15 is 0 Å². The molecular formula is C18H26N2O5S. The van der Waals surface area contributed by atoms with Crippen LogP contribution >= 0.6 is 0 Å². The molecule has 0 saturated carbocycles. The molecule has 0 N–H and O–H groups in total. The third-order valence-electron chi connectivity index (χ3n) is 5.42. The maximum atomic E-state index is 12.9. The number of fused-ring (bicyclic) bond motifs is 1. The third-order valence-corrected chi connectivity index (χ3v) is 7.17. The number of likely N-dealkylation sites (tertiary alicyclic amines) is 1. The van der Waals surface area contributed by atoms with E-state index in [2.05, 4.69) is 0 Å². The third kappa shape index (κ3) is 3.70. The zero-order chi connectivity index (χ0) is 19.1. The van der Waals surface area contributed by atoms with Crippen LogP contribution in [0.25, 0.3) is 0 Å². The fraction of sp³-hybridized carbons (Fsp3) is 0.722. The lowest BCUT2D eigenvalue weighted by Crippen LogP contribution is -2.49. The van der Waals surface area contributed by atoms with Crippen molar-refractivity contribution in [2.45, 2.75) is 39.2 Å². The summed E-state index contributed by atoms with van der Waals surface area (Å²) in [7, 11) is -3.13. The lowest BCUT2D eigenvalue weighted by molar-refractivity contribution is -0.147. The number of carbonyl (C=O) groups excluding carboxylic acids is 3. The summed E-state index contributed by atoms with van der Waals surface area (Å²) in [6, 6.07) is -0.369. The summed E-state index contributed by atoms with van der Waals surface area (Å²) in [5.74, 6) is -1.40. The molecule has 0 bridgehead atoms. The molecule has 3 amide bonds. The van der Waals surface area contributed by atoms with Crippen molar-refractivity contribution in [3.63, 3.8) is 0 Å². The van der Waals surface area contributed by atoms with Crippen LogP contribution in [0.4, 0.5) is 0 Å². The standard InChI is InChI=1S/C18H26N2O5S/c1-12(2)9-19(13-7-8-26(24,25)11-13)16(21)10-20-17(22)14-5-3-4-6-15(14)18(20)23/h3-4,12-15H,5-11H2,1-2H3/t13-,14-,15+/m1/s1. The number of sulfone groups is 1. The monoisotopic (exact) mass is 382 g/mol. The molecule has 144 valence electrons. The summed E-state index contributed by atoms with van der Waals surface area (Å²) in [5, 5.41) is 0. The van der Waals surface area contributed by atoms with E-state index in [-0.39, 0.29) is 59.6 Å². The molecule has 2 heterocycles. The van der Waals surface area contributed by atoms with Gasteiger partial charge in [-0.3, -0.25) is 19.3 Å². The van der Waals surface area contributed by atoms with Crippen LogP contribution in [-0.2, 0) is 24.2 Å². The van der Waals surface area contributed by atoms with Crippen LogP contribution < -0.4 is 0 Å². The Bertz CT molecular complexity index is 717. The largest absolute Gasteiger partial charge is 0.337 e. The van der Waals surface area contributed by atoms with Gasteiger partial charge in [0.15, 0.2) is 9.84 Å². The Morgan fingerprint density at radius 2 is 1.77 bits per heavy atom. The Labute approximate surface area is 154 Å². The molecule has 2 saturated heterocycles. The number of hydrogen-bond acceptors (Lipinski definition) is 5. The number of allylic oxidation sites excluding steroid dienone is 2. The number of imide groups is 1. The van der Waals surface area contributed by atoms with Crippen molar-refractivity contribution in [2.24, 2.45) is 17.8 Å². The van der Waals surface area contributed by atoms with Gasteiger partial charge in [-0.05, 0) is 25.2 Å². The van der Waals surface area contributed by atoms with E-state index in [0.29, 0.717) is 25.8 Å². The van der Waals surface area contributed by atoms with Gasteiger partial charge in [0.2, 0.25) is 17.7 Å². The molecule has 3 aliphatic rings. The van der Waals surface area contributed by atoms with Crippen molar-refractivity contribution in [1.29, 1.82) is 0 Å². The highest BCUT2D eigenvalue weighted by Crippen LogP contribution is 2.35. The molecule has 2 aliphatic heterocycles. The Hall–Kier alpha value is -1.70. The smallest absolute Gasteiger partial charge is 0.243 e. The molecule has 0 unspecified atom stereocenters. The zero-order valence-corrected chi connectivity index (χ0v) is 16.1. The van der Waals surface area contributed by atoms with Crippen molar-refractivity contribution >= 4 is 27.6 Å². The van der Waals surface area contributed by atoms with Crippen LogP contribution in [0.3, 0.4) is 0 Å². The van der Waals surface area contributed by atoms with Crippen LogP contribution in [-0.4, -0.2) is 66.6 Å². The molecular weight excluding hydrogens is 356 g/mol. The van der Waals surface area contributed by atoms with Crippen LogP contribution in [0.5, 0.6) is 0 Å². The lowest BCUT2D eigenvalue weighted by atomic mass is 9.85. The van der Waals surface area contributed by atoms with Crippen molar-refractivity contribution in [3.8, 4) is 0 Å². The molecule has 0 spiro atoms. The molecule has 26 heavy (non-hydrogen) atoms. The lowest BCUT2D eigenvalue weighted by Gasteiger charge is -2.31. The normalized spacial score (nSPS) is 30.1. The second-order valence-electron chi connectivity index (χ2n) is 7.92. The predicted octanol–water partition coefficient (Wildman–Crippen LogP) is 0.609. The van der Waals surface area contributed by atoms with Gasteiger partial charge in [0.05, 0.1) is 23.3 Å². The summed E-state index contributed by atoms with van der Waals surface area (Å²) in [6.45, 7) is 4.05. The quantitative estimate of drug-likeness (QED) is 0.513. The second kappa shape index (κ2) is 7.13. The van der Waals surface area contributed by atoms with E-state index in [0.717, 1.165) is 4.90 Å². The SMILES string of the molecule is CC(C)CN(C(=O)CN1C(=O)[C@H]2CC=CC[C@H]2C1=O)[C@@H]1CCS(=O)(=O)C1. The first-order valence-corrected chi connectivity index (χ1v) is 11.0. The van der Waals surface area contributed by atoms with Gasteiger partial charge in [0, 0.05) is 12.6 Å². The summed E-state index contributed by atoms with van der Waals surface area (Å²) in [6.07, 6.45) is 5.31. The van der Waals surface area contributed by atoms with Crippen molar-refractivity contribution in [2.75, 3.05) is 24.6 Å². The summed E-state index contributed by atoms with van der Waals surface area (Å²) in [5.41, 5.74) is 0. The first kappa shape index (κ1) is 19.1. The van der Waals surface area contributed by atoms with Crippen LogP contribution in [0.15, 0.2) is 12.2 Å². The highest BCUT2D eigenvalue weighted by Gasteiger charge is 2.48. The van der Waals surface area contributed by atoms with Gasteiger partial charge in [0.25, 0.3) is 0 Å². The Balaban J connectivity index is 1.73. The van der Waals surface area contributed by atoms with Gasteiger partial charge < -0.3 is 4.90 Å². The van der Waals surface area contributed by atoms with Gasteiger partial charge in [-0.2, -0.15) is 0 Å². The number of rotatable bonds is 5. The summed E-state index contributed by atoms with van der Waals surface area (Å²) >= 11 is 0. The maximum Gasteiger partial charge on any atom is 0.243 e. The molecule has 0 aromatic rings. The minimum Gasteiger partial charge on any atom is -0.337 e. The van der Waals surface area contributed by atoms with Gasteiger partial charge >= 0.3 is 0 Å². The highest BCUT2D eigenvalue weighted by atomic mass is 32.2. The highest BCUT2D eigenvalue weighted by molar-refractivity contribution is 7.91. The zero-order valence-electron chi connectivity index (χ0n) is 15.3. The number of hydrogen-bond donors (Lipinski definition) is 0. The van der Waals surface area contributed by atoms with E-state index in [1.54, 1.807) is 4.90 Å². The van der Waals surface area contributed by atoms with E-state index in [4.69, 9.17) is 0 Å². The number of amides is 3. The molecule has 7 nitrogen and oxygen atoms in total. The van der Waals surface area contributed by atoms with E-state index in [1.807, 2.05) is 26.0 Å². The Morgan fingerprint density at radius 3 is 2.23 bits per heavy atom. The molecule has 0 aromatic carbocycles. The summed E-state index contributed by atoms with van der Waals surface area (Å²) in [4.78, 5) is 40.7. The average molecular weight is 382 g/mol. The topological polar surface area (TPSA) is 91.8 Å². The molecule has 3 atom stereocenters. The van der Waals surface area contributed by atoms with Crippen molar-refractivity contribution < 1.29 is 22.8 Å². The fourth-order valence-corrected chi connectivity index (χ4v) is 5.85. The van der Waals surface area contributed by atoms with Gasteiger partial charge in [-0.25, -0.2) is 8.42 Å². The molecule has 8 heteroatoms. The van der Waals surface area contributed by atoms with Crippen molar-refractivity contribution in [1.82, 2.24) is 9.80 Å². The van der Waals surface area contributed by atoms with Crippen LogP contribution in [0.2, 0.25) is 0 Å². The van der Waals surface area contributed by atoms with E-state index < -0.39 is 9.84 Å². The van der Waals surface area contributed by atoms with Crippen LogP contribution in [0, 0.1) is 17.8 Å². The maximum absolute atomic E-state index is 12.9. The van der Waals surface area contributed by atoms with Gasteiger partial charge in [-0.15, -0.1) is 0 Å². The average Bonchev–Trinajstić information content (AvgIpc) is 3.05. The predicted molar refractivity (Wildman–Crippen MR) is 95.7 cm³/mol. The Morgan fingerprint density at radius 1 is 1.19 bits per heavy atom.